The van der Waals surface area contributed by atoms with Crippen molar-refractivity contribution in [2.24, 2.45) is 7.05 Å². The van der Waals surface area contributed by atoms with Gasteiger partial charge in [0.15, 0.2) is 0 Å². The van der Waals surface area contributed by atoms with E-state index in [1.54, 1.807) is 25.1 Å². The molecule has 0 aliphatic carbocycles. The average molecular weight is 379 g/mol. The largest absolute Gasteiger partial charge is 0.367 e. The van der Waals surface area contributed by atoms with Gasteiger partial charge in [-0.3, -0.25) is 14.2 Å². The quantitative estimate of drug-likeness (QED) is 0.633. The molecule has 0 aliphatic rings. The molecule has 0 fully saturated rings. The fraction of sp³-hybridized carbons (Fsp3) is 0.318. The second-order valence-corrected chi connectivity index (χ2v) is 6.76. The van der Waals surface area contributed by atoms with Crippen molar-refractivity contribution in [3.05, 3.63) is 76.3 Å². The van der Waals surface area contributed by atoms with Crippen LogP contribution in [0.15, 0.2) is 59.4 Å². The number of hydrogen-bond acceptors (Lipinski definition) is 4. The Morgan fingerprint density at radius 1 is 1.14 bits per heavy atom. The molecular weight excluding hydrogens is 354 g/mol. The molecule has 1 atom stereocenters. The van der Waals surface area contributed by atoms with E-state index in [-0.39, 0.29) is 24.1 Å². The summed E-state index contributed by atoms with van der Waals surface area (Å²) in [5.41, 5.74) is 1.55. The van der Waals surface area contributed by atoms with Crippen LogP contribution >= 0.6 is 0 Å². The highest BCUT2D eigenvalue weighted by Crippen LogP contribution is 2.22. The number of ether oxygens (including phenoxy) is 1. The predicted octanol–water partition coefficient (Wildman–Crippen LogP) is 3.06. The molecule has 0 N–H and O–H groups in total. The number of carbonyl (C=O) groups is 1. The summed E-state index contributed by atoms with van der Waals surface area (Å²) >= 11 is 0. The van der Waals surface area contributed by atoms with E-state index in [2.05, 4.69) is 4.98 Å². The minimum absolute atomic E-state index is 0.0244. The third kappa shape index (κ3) is 4.12. The van der Waals surface area contributed by atoms with E-state index in [0.29, 0.717) is 29.8 Å². The zero-order valence-corrected chi connectivity index (χ0v) is 16.5. The third-order valence-corrected chi connectivity index (χ3v) is 4.90. The maximum absolute atomic E-state index is 12.7. The molecule has 1 amide bonds. The Bertz CT molecular complexity index is 1010. The van der Waals surface area contributed by atoms with Gasteiger partial charge in [0.1, 0.15) is 12.4 Å². The number of fused-ring (bicyclic) bond motifs is 1. The summed E-state index contributed by atoms with van der Waals surface area (Å²) in [5, 5.41) is 0.573. The third-order valence-electron chi connectivity index (χ3n) is 4.90. The van der Waals surface area contributed by atoms with Gasteiger partial charge < -0.3 is 9.64 Å². The van der Waals surface area contributed by atoms with Gasteiger partial charge in [-0.15, -0.1) is 0 Å². The molecule has 2 aromatic carbocycles. The summed E-state index contributed by atoms with van der Waals surface area (Å²) in [6.45, 7) is 2.33. The molecular formula is C22H25N3O3. The summed E-state index contributed by atoms with van der Waals surface area (Å²) in [7, 11) is 3.42. The molecule has 0 aliphatic heterocycles. The van der Waals surface area contributed by atoms with Crippen LogP contribution in [-0.2, 0) is 23.2 Å². The monoisotopic (exact) mass is 379 g/mol. The lowest BCUT2D eigenvalue weighted by Crippen LogP contribution is -2.37. The van der Waals surface area contributed by atoms with Crippen LogP contribution in [-0.4, -0.2) is 34.0 Å². The molecule has 0 saturated carbocycles. The van der Waals surface area contributed by atoms with E-state index in [9.17, 15) is 9.59 Å². The highest BCUT2D eigenvalue weighted by molar-refractivity contribution is 5.79. The second-order valence-electron chi connectivity index (χ2n) is 6.76. The first-order valence-electron chi connectivity index (χ1n) is 9.36. The highest BCUT2D eigenvalue weighted by atomic mass is 16.5. The lowest BCUT2D eigenvalue weighted by Gasteiger charge is -2.28. The number of rotatable bonds is 7. The van der Waals surface area contributed by atoms with Gasteiger partial charge in [-0.2, -0.15) is 0 Å². The SMILES string of the molecule is CCC(c1nc2ccccc2c(=O)n1C)N(C)C(=O)COCc1ccccc1. The van der Waals surface area contributed by atoms with Gasteiger partial charge in [0, 0.05) is 14.1 Å². The number of aromatic nitrogens is 2. The molecule has 1 heterocycles. The Morgan fingerprint density at radius 3 is 2.54 bits per heavy atom. The van der Waals surface area contributed by atoms with Gasteiger partial charge in [0.25, 0.3) is 5.56 Å². The Hall–Kier alpha value is -2.99. The van der Waals surface area contributed by atoms with E-state index >= 15 is 0 Å². The van der Waals surface area contributed by atoms with Crippen LogP contribution in [0.25, 0.3) is 10.9 Å². The van der Waals surface area contributed by atoms with Crippen LogP contribution in [0.1, 0.15) is 30.8 Å². The van der Waals surface area contributed by atoms with E-state index in [1.165, 1.54) is 4.57 Å². The smallest absolute Gasteiger partial charge is 0.261 e. The lowest BCUT2D eigenvalue weighted by atomic mass is 10.1. The van der Waals surface area contributed by atoms with Crippen molar-refractivity contribution in [3.63, 3.8) is 0 Å². The molecule has 1 aromatic heterocycles. The van der Waals surface area contributed by atoms with Gasteiger partial charge in [0.2, 0.25) is 5.91 Å². The standard InChI is InChI=1S/C22H25N3O3/c1-4-19(21-23-18-13-9-8-12-17(18)22(27)25(21)3)24(2)20(26)15-28-14-16-10-6-5-7-11-16/h5-13,19H,4,14-15H2,1-3H3. The number of amides is 1. The number of benzene rings is 2. The molecule has 6 heteroatoms. The fourth-order valence-electron chi connectivity index (χ4n) is 3.27. The Morgan fingerprint density at radius 2 is 1.82 bits per heavy atom. The second kappa shape index (κ2) is 8.80. The number of likely N-dealkylation sites (N-methyl/N-ethyl adjacent to an activating group) is 1. The summed E-state index contributed by atoms with van der Waals surface area (Å²) in [4.78, 5) is 31.6. The normalized spacial score (nSPS) is 12.1. The minimum Gasteiger partial charge on any atom is -0.367 e. The maximum Gasteiger partial charge on any atom is 0.261 e. The molecule has 3 rings (SSSR count). The molecule has 1 unspecified atom stereocenters. The van der Waals surface area contributed by atoms with E-state index in [4.69, 9.17) is 4.74 Å². The van der Waals surface area contributed by atoms with Crippen LogP contribution in [0.2, 0.25) is 0 Å². The van der Waals surface area contributed by atoms with Crippen molar-refractivity contribution in [2.45, 2.75) is 26.0 Å². The van der Waals surface area contributed by atoms with E-state index < -0.39 is 0 Å². The number of para-hydroxylation sites is 1. The van der Waals surface area contributed by atoms with Gasteiger partial charge in [-0.1, -0.05) is 49.4 Å². The van der Waals surface area contributed by atoms with Crippen molar-refractivity contribution < 1.29 is 9.53 Å². The molecule has 0 spiro atoms. The van der Waals surface area contributed by atoms with E-state index in [1.807, 2.05) is 55.5 Å². The molecule has 28 heavy (non-hydrogen) atoms. The summed E-state index contributed by atoms with van der Waals surface area (Å²) in [6, 6.07) is 16.7. The lowest BCUT2D eigenvalue weighted by molar-refractivity contribution is -0.137. The summed E-state index contributed by atoms with van der Waals surface area (Å²) in [5.74, 6) is 0.426. The van der Waals surface area contributed by atoms with Gasteiger partial charge in [0.05, 0.1) is 23.6 Å². The summed E-state index contributed by atoms with van der Waals surface area (Å²) in [6.07, 6.45) is 0.638. The summed E-state index contributed by atoms with van der Waals surface area (Å²) < 4.78 is 7.11. The predicted molar refractivity (Wildman–Crippen MR) is 109 cm³/mol. The van der Waals surface area contributed by atoms with Crippen LogP contribution in [0.4, 0.5) is 0 Å². The van der Waals surface area contributed by atoms with Crippen LogP contribution in [0.5, 0.6) is 0 Å². The van der Waals surface area contributed by atoms with Crippen LogP contribution in [0.3, 0.4) is 0 Å². The molecule has 0 bridgehead atoms. The number of nitrogens with zero attached hydrogens (tertiary/aromatic N) is 3. The van der Waals surface area contributed by atoms with Crippen molar-refractivity contribution in [1.82, 2.24) is 14.5 Å². The Labute approximate surface area is 164 Å². The van der Waals surface area contributed by atoms with Crippen molar-refractivity contribution in [2.75, 3.05) is 13.7 Å². The molecule has 3 aromatic rings. The Balaban J connectivity index is 1.77. The first kappa shape index (κ1) is 19.8. The zero-order valence-electron chi connectivity index (χ0n) is 16.5. The van der Waals surface area contributed by atoms with Crippen LogP contribution in [0, 0.1) is 0 Å². The first-order valence-corrected chi connectivity index (χ1v) is 9.36. The topological polar surface area (TPSA) is 64.4 Å². The Kier molecular flexibility index (Phi) is 6.21. The van der Waals surface area contributed by atoms with Crippen molar-refractivity contribution >= 4 is 16.8 Å². The van der Waals surface area contributed by atoms with Gasteiger partial charge in [-0.25, -0.2) is 4.98 Å². The van der Waals surface area contributed by atoms with Gasteiger partial charge in [-0.05, 0) is 24.1 Å². The first-order chi connectivity index (χ1) is 13.5. The molecule has 0 radical (unpaired) electrons. The zero-order chi connectivity index (χ0) is 20.1. The number of carbonyl (C=O) groups excluding carboxylic acids is 1. The van der Waals surface area contributed by atoms with Crippen molar-refractivity contribution in [3.8, 4) is 0 Å². The highest BCUT2D eigenvalue weighted by Gasteiger charge is 2.24. The molecule has 6 nitrogen and oxygen atoms in total. The van der Waals surface area contributed by atoms with E-state index in [0.717, 1.165) is 5.56 Å². The number of hydrogen-bond donors (Lipinski definition) is 0. The molecule has 0 saturated heterocycles. The average Bonchev–Trinajstić information content (AvgIpc) is 2.72. The van der Waals surface area contributed by atoms with Crippen LogP contribution < -0.4 is 5.56 Å². The van der Waals surface area contributed by atoms with Gasteiger partial charge >= 0.3 is 0 Å². The van der Waals surface area contributed by atoms with Crippen molar-refractivity contribution in [1.29, 1.82) is 0 Å². The maximum atomic E-state index is 12.7. The minimum atomic E-state index is -0.310. The fourth-order valence-corrected chi connectivity index (χ4v) is 3.27. The molecule has 146 valence electrons.